The molecule has 1 rings (SSSR count). The van der Waals surface area contributed by atoms with Gasteiger partial charge in [0.05, 0.1) is 6.07 Å². The summed E-state index contributed by atoms with van der Waals surface area (Å²) in [6, 6.07) is 0.389. The zero-order chi connectivity index (χ0) is 10.2. The summed E-state index contributed by atoms with van der Waals surface area (Å²) < 4.78 is 36.4. The fraction of sp³-hybridized carbons (Fsp3) is 0.400. The molecule has 0 radical (unpaired) electrons. The van der Waals surface area contributed by atoms with E-state index in [1.165, 1.54) is 0 Å². The molecule has 0 fully saturated rings. The predicted octanol–water partition coefficient (Wildman–Crippen LogP) is 1.35. The van der Waals surface area contributed by atoms with Crippen LogP contribution in [0.5, 0.6) is 0 Å². The minimum atomic E-state index is -4.65. The summed E-state index contributed by atoms with van der Waals surface area (Å²) in [4.78, 5) is 9.21. The number of rotatable bonds is 1. The Morgan fingerprint density at radius 3 is 2.38 bits per heavy atom. The molecule has 0 unspecified atom stereocenters. The molecule has 0 atom stereocenters. The van der Waals surface area contributed by atoms with Gasteiger partial charge in [-0.15, -0.1) is 4.68 Å². The predicted molar refractivity (Wildman–Crippen MR) is 34.9 cm³/mol. The highest BCUT2D eigenvalue weighted by Crippen LogP contribution is 2.29. The molecule has 0 amide bonds. The molecule has 0 aliphatic carbocycles. The Kier molecular flexibility index (Phi) is 1.98. The minimum absolute atomic E-state index is 0.389. The molecule has 0 aliphatic rings. The van der Waals surface area contributed by atoms with Gasteiger partial charge in [0.2, 0.25) is 0 Å². The van der Waals surface area contributed by atoms with Crippen molar-refractivity contribution < 1.29 is 18.1 Å². The molecule has 8 heteroatoms. The lowest BCUT2D eigenvalue weighted by atomic mass is 10.4. The summed E-state index contributed by atoms with van der Waals surface area (Å²) in [5.41, 5.74) is -1.26. The lowest BCUT2D eigenvalue weighted by molar-refractivity contribution is -0.392. The van der Waals surface area contributed by atoms with Crippen molar-refractivity contribution >= 4 is 5.82 Å². The molecule has 0 N–H and O–H groups in total. The summed E-state index contributed by atoms with van der Waals surface area (Å²) in [5.74, 6) is -0.688. The first kappa shape index (κ1) is 9.49. The summed E-state index contributed by atoms with van der Waals surface area (Å²) in [6.07, 6.45) is -4.65. The molecule has 1 aromatic heterocycles. The first-order valence-electron chi connectivity index (χ1n) is 3.08. The lowest BCUT2D eigenvalue weighted by Crippen LogP contribution is -2.06. The standard InChI is InChI=1S/C5H4F3N3O2/c1-10-4(11(12)13)2-3(9-10)5(6,7)8/h2H,1H3. The maximum atomic E-state index is 11.9. The van der Waals surface area contributed by atoms with Crippen LogP contribution in [0.15, 0.2) is 6.07 Å². The van der Waals surface area contributed by atoms with E-state index in [0.29, 0.717) is 10.7 Å². The molecule has 13 heavy (non-hydrogen) atoms. The van der Waals surface area contributed by atoms with Crippen molar-refractivity contribution in [3.05, 3.63) is 21.9 Å². The van der Waals surface area contributed by atoms with Crippen LogP contribution in [-0.2, 0) is 13.2 Å². The molecule has 0 spiro atoms. The van der Waals surface area contributed by atoms with Crippen molar-refractivity contribution in [3.8, 4) is 0 Å². The summed E-state index contributed by atoms with van der Waals surface area (Å²) >= 11 is 0. The van der Waals surface area contributed by atoms with Crippen LogP contribution in [0, 0.1) is 10.1 Å². The topological polar surface area (TPSA) is 61.0 Å². The molecule has 0 saturated carbocycles. The zero-order valence-electron chi connectivity index (χ0n) is 6.37. The highest BCUT2D eigenvalue weighted by Gasteiger charge is 2.37. The van der Waals surface area contributed by atoms with Crippen molar-refractivity contribution in [2.45, 2.75) is 6.18 Å². The minimum Gasteiger partial charge on any atom is -0.358 e. The first-order valence-corrected chi connectivity index (χ1v) is 3.08. The van der Waals surface area contributed by atoms with E-state index in [1.54, 1.807) is 0 Å². The number of alkyl halides is 3. The van der Waals surface area contributed by atoms with E-state index in [-0.39, 0.29) is 0 Å². The van der Waals surface area contributed by atoms with Crippen LogP contribution >= 0.6 is 0 Å². The van der Waals surface area contributed by atoms with E-state index >= 15 is 0 Å². The van der Waals surface area contributed by atoms with E-state index in [1.807, 2.05) is 0 Å². The summed E-state index contributed by atoms with van der Waals surface area (Å²) in [5, 5.41) is 13.1. The third kappa shape index (κ3) is 1.76. The SMILES string of the molecule is Cn1nc(C(F)(F)F)cc1[N+](=O)[O-]. The van der Waals surface area contributed by atoms with Crippen molar-refractivity contribution in [1.82, 2.24) is 9.78 Å². The summed E-state index contributed by atoms with van der Waals surface area (Å²) in [7, 11) is 1.08. The van der Waals surface area contributed by atoms with Crippen LogP contribution in [0.4, 0.5) is 19.0 Å². The van der Waals surface area contributed by atoms with Gasteiger partial charge in [-0.05, 0) is 4.92 Å². The lowest BCUT2D eigenvalue weighted by Gasteiger charge is -1.97. The van der Waals surface area contributed by atoms with Gasteiger partial charge in [0.15, 0.2) is 5.69 Å². The Morgan fingerprint density at radius 2 is 2.15 bits per heavy atom. The fourth-order valence-corrected chi connectivity index (χ4v) is 0.767. The molecule has 5 nitrogen and oxygen atoms in total. The third-order valence-electron chi connectivity index (χ3n) is 1.33. The van der Waals surface area contributed by atoms with Gasteiger partial charge in [-0.25, -0.2) is 0 Å². The van der Waals surface area contributed by atoms with Crippen LogP contribution in [0.25, 0.3) is 0 Å². The normalized spacial score (nSPS) is 11.7. The molecular weight excluding hydrogens is 191 g/mol. The molecular formula is C5H4F3N3O2. The zero-order valence-corrected chi connectivity index (χ0v) is 6.37. The average molecular weight is 195 g/mol. The van der Waals surface area contributed by atoms with E-state index in [2.05, 4.69) is 5.10 Å². The number of aryl methyl sites for hydroxylation is 1. The van der Waals surface area contributed by atoms with Crippen molar-refractivity contribution in [2.75, 3.05) is 0 Å². The van der Waals surface area contributed by atoms with Crippen molar-refractivity contribution in [1.29, 1.82) is 0 Å². The van der Waals surface area contributed by atoms with E-state index in [4.69, 9.17) is 0 Å². The van der Waals surface area contributed by atoms with E-state index < -0.39 is 22.6 Å². The molecule has 1 aromatic rings. The second kappa shape index (κ2) is 2.71. The number of aromatic nitrogens is 2. The van der Waals surface area contributed by atoms with Gasteiger partial charge in [-0.2, -0.15) is 13.2 Å². The van der Waals surface area contributed by atoms with Gasteiger partial charge >= 0.3 is 12.0 Å². The van der Waals surface area contributed by atoms with Crippen molar-refractivity contribution in [2.24, 2.45) is 7.05 Å². The molecule has 0 saturated heterocycles. The Hall–Kier alpha value is -1.60. The molecule has 0 aliphatic heterocycles. The largest absolute Gasteiger partial charge is 0.437 e. The first-order chi connectivity index (χ1) is 5.82. The van der Waals surface area contributed by atoms with Gasteiger partial charge in [-0.3, -0.25) is 0 Å². The number of hydrogen-bond donors (Lipinski definition) is 0. The van der Waals surface area contributed by atoms with Gasteiger partial charge in [0.25, 0.3) is 0 Å². The number of halogens is 3. The van der Waals surface area contributed by atoms with Gasteiger partial charge in [-0.1, -0.05) is 5.10 Å². The maximum absolute atomic E-state index is 11.9. The maximum Gasteiger partial charge on any atom is 0.437 e. The molecule has 72 valence electrons. The van der Waals surface area contributed by atoms with Gasteiger partial charge in [0, 0.05) is 0 Å². The van der Waals surface area contributed by atoms with Crippen LogP contribution in [0.1, 0.15) is 5.69 Å². The Labute approximate surface area is 69.9 Å². The summed E-state index contributed by atoms with van der Waals surface area (Å²) in [6.45, 7) is 0. The van der Waals surface area contributed by atoms with Gasteiger partial charge < -0.3 is 10.1 Å². The monoisotopic (exact) mass is 195 g/mol. The Bertz CT molecular complexity index is 343. The number of nitrogens with zero attached hydrogens (tertiary/aromatic N) is 3. The third-order valence-corrected chi connectivity index (χ3v) is 1.33. The number of hydrogen-bond acceptors (Lipinski definition) is 3. The Balaban J connectivity index is 3.17. The fourth-order valence-electron chi connectivity index (χ4n) is 0.767. The highest BCUT2D eigenvalue weighted by molar-refractivity contribution is 5.24. The van der Waals surface area contributed by atoms with E-state index in [0.717, 1.165) is 7.05 Å². The van der Waals surface area contributed by atoms with Crippen LogP contribution in [0.2, 0.25) is 0 Å². The number of nitro groups is 1. The Morgan fingerprint density at radius 1 is 1.62 bits per heavy atom. The molecule has 1 heterocycles. The van der Waals surface area contributed by atoms with E-state index in [9.17, 15) is 23.3 Å². The highest BCUT2D eigenvalue weighted by atomic mass is 19.4. The quantitative estimate of drug-likeness (QED) is 0.501. The average Bonchev–Trinajstić information content (AvgIpc) is 2.29. The second-order valence-electron chi connectivity index (χ2n) is 2.27. The molecule has 0 bridgehead atoms. The van der Waals surface area contributed by atoms with Crippen LogP contribution in [0.3, 0.4) is 0 Å². The van der Waals surface area contributed by atoms with Crippen LogP contribution < -0.4 is 0 Å². The smallest absolute Gasteiger partial charge is 0.358 e. The van der Waals surface area contributed by atoms with Crippen molar-refractivity contribution in [3.63, 3.8) is 0 Å². The van der Waals surface area contributed by atoms with Crippen LogP contribution in [-0.4, -0.2) is 14.7 Å². The van der Waals surface area contributed by atoms with Gasteiger partial charge in [0.1, 0.15) is 7.05 Å². The second-order valence-corrected chi connectivity index (χ2v) is 2.27. The molecule has 0 aromatic carbocycles.